The minimum Gasteiger partial charge on any atom is -0.379 e. The first kappa shape index (κ1) is 20.5. The summed E-state index contributed by atoms with van der Waals surface area (Å²) in [6.07, 6.45) is 4.12. The minimum atomic E-state index is 0.0715. The SMILES string of the molecule is O=C(NCCCN1CCOCC1)C1CCN(c2nnc(N3CCCC3=O)s2)CC1. The quantitative estimate of drug-likeness (QED) is 0.648. The Balaban J connectivity index is 1.17. The van der Waals surface area contributed by atoms with E-state index in [9.17, 15) is 9.59 Å². The van der Waals surface area contributed by atoms with Crippen LogP contribution in [0.3, 0.4) is 0 Å². The fraction of sp³-hybridized carbons (Fsp3) is 0.789. The summed E-state index contributed by atoms with van der Waals surface area (Å²) in [7, 11) is 0. The van der Waals surface area contributed by atoms with E-state index in [4.69, 9.17) is 4.74 Å². The summed E-state index contributed by atoms with van der Waals surface area (Å²) in [6, 6.07) is 0. The lowest BCUT2D eigenvalue weighted by Gasteiger charge is -2.30. The van der Waals surface area contributed by atoms with Crippen LogP contribution in [0.5, 0.6) is 0 Å². The number of ether oxygens (including phenoxy) is 1. The number of nitrogens with one attached hydrogen (secondary N) is 1. The number of carbonyl (C=O) groups excluding carboxylic acids is 2. The molecule has 4 rings (SSSR count). The van der Waals surface area contributed by atoms with Crippen LogP contribution in [0.4, 0.5) is 10.3 Å². The van der Waals surface area contributed by atoms with Gasteiger partial charge in [-0.05, 0) is 32.2 Å². The van der Waals surface area contributed by atoms with Crippen LogP contribution in [0.25, 0.3) is 0 Å². The molecule has 0 radical (unpaired) electrons. The third kappa shape index (κ3) is 5.23. The topological polar surface area (TPSA) is 90.9 Å². The Morgan fingerprint density at radius 2 is 1.86 bits per heavy atom. The van der Waals surface area contributed by atoms with Crippen molar-refractivity contribution < 1.29 is 14.3 Å². The highest BCUT2D eigenvalue weighted by Crippen LogP contribution is 2.32. The van der Waals surface area contributed by atoms with E-state index in [0.717, 1.165) is 89.8 Å². The first-order chi connectivity index (χ1) is 14.2. The van der Waals surface area contributed by atoms with Gasteiger partial charge in [-0.2, -0.15) is 0 Å². The molecule has 1 aromatic heterocycles. The van der Waals surface area contributed by atoms with Crippen molar-refractivity contribution in [1.29, 1.82) is 0 Å². The van der Waals surface area contributed by atoms with Gasteiger partial charge in [-0.3, -0.25) is 19.4 Å². The van der Waals surface area contributed by atoms with Crippen LogP contribution in [0.15, 0.2) is 0 Å². The first-order valence-corrected chi connectivity index (χ1v) is 11.5. The van der Waals surface area contributed by atoms with E-state index in [2.05, 4.69) is 25.3 Å². The standard InChI is InChI=1S/C19H30N6O3S/c26-16-3-1-8-25(16)19-22-21-18(29-19)24-9-4-15(5-10-24)17(27)20-6-2-7-23-11-13-28-14-12-23/h15H,1-14H2,(H,20,27). The van der Waals surface area contributed by atoms with E-state index in [1.165, 1.54) is 11.3 Å². The minimum absolute atomic E-state index is 0.0715. The van der Waals surface area contributed by atoms with Gasteiger partial charge >= 0.3 is 0 Å². The summed E-state index contributed by atoms with van der Waals surface area (Å²) < 4.78 is 5.36. The molecule has 0 atom stereocenters. The van der Waals surface area contributed by atoms with E-state index in [-0.39, 0.29) is 17.7 Å². The number of amides is 2. The lowest BCUT2D eigenvalue weighted by molar-refractivity contribution is -0.125. The lowest BCUT2D eigenvalue weighted by Crippen LogP contribution is -2.42. The van der Waals surface area contributed by atoms with Crippen LogP contribution in [-0.4, -0.2) is 85.9 Å². The highest BCUT2D eigenvalue weighted by molar-refractivity contribution is 7.19. The van der Waals surface area contributed by atoms with Crippen molar-refractivity contribution in [2.24, 2.45) is 5.92 Å². The van der Waals surface area contributed by atoms with Crippen molar-refractivity contribution in [3.8, 4) is 0 Å². The molecule has 1 aromatic rings. The van der Waals surface area contributed by atoms with E-state index >= 15 is 0 Å². The van der Waals surface area contributed by atoms with Crippen molar-refractivity contribution in [1.82, 2.24) is 20.4 Å². The maximum absolute atomic E-state index is 12.5. The average Bonchev–Trinajstić information content (AvgIpc) is 3.41. The van der Waals surface area contributed by atoms with Crippen LogP contribution < -0.4 is 15.1 Å². The molecule has 4 heterocycles. The molecule has 0 saturated carbocycles. The van der Waals surface area contributed by atoms with Gasteiger partial charge in [0.1, 0.15) is 0 Å². The number of carbonyl (C=O) groups is 2. The van der Waals surface area contributed by atoms with Gasteiger partial charge in [0.2, 0.25) is 22.1 Å². The second-order valence-electron chi connectivity index (χ2n) is 7.88. The summed E-state index contributed by atoms with van der Waals surface area (Å²) in [5, 5.41) is 13.1. The molecule has 29 heavy (non-hydrogen) atoms. The molecule has 3 saturated heterocycles. The number of morpholine rings is 1. The lowest BCUT2D eigenvalue weighted by atomic mass is 9.96. The molecule has 0 unspecified atom stereocenters. The number of hydrogen-bond acceptors (Lipinski definition) is 8. The van der Waals surface area contributed by atoms with Crippen molar-refractivity contribution >= 4 is 33.4 Å². The molecular formula is C19H30N6O3S. The Kier molecular flexibility index (Phi) is 6.94. The smallest absolute Gasteiger partial charge is 0.228 e. The number of anilines is 2. The van der Waals surface area contributed by atoms with Crippen LogP contribution in [0.2, 0.25) is 0 Å². The largest absolute Gasteiger partial charge is 0.379 e. The Bertz CT molecular complexity index is 700. The zero-order chi connectivity index (χ0) is 20.1. The fourth-order valence-corrected chi connectivity index (χ4v) is 5.05. The van der Waals surface area contributed by atoms with Gasteiger partial charge in [0.05, 0.1) is 13.2 Å². The summed E-state index contributed by atoms with van der Waals surface area (Å²) >= 11 is 1.48. The van der Waals surface area contributed by atoms with E-state index < -0.39 is 0 Å². The van der Waals surface area contributed by atoms with Gasteiger partial charge < -0.3 is 15.0 Å². The Morgan fingerprint density at radius 1 is 1.10 bits per heavy atom. The maximum atomic E-state index is 12.5. The summed E-state index contributed by atoms with van der Waals surface area (Å²) in [4.78, 5) is 30.7. The van der Waals surface area contributed by atoms with Crippen molar-refractivity contribution in [3.05, 3.63) is 0 Å². The van der Waals surface area contributed by atoms with Gasteiger partial charge in [0, 0.05) is 51.6 Å². The number of nitrogens with zero attached hydrogens (tertiary/aromatic N) is 5. The third-order valence-electron chi connectivity index (χ3n) is 5.90. The molecule has 0 bridgehead atoms. The monoisotopic (exact) mass is 422 g/mol. The van der Waals surface area contributed by atoms with Crippen LogP contribution >= 0.6 is 11.3 Å². The van der Waals surface area contributed by atoms with Gasteiger partial charge in [0.15, 0.2) is 0 Å². The normalized spacial score (nSPS) is 21.7. The fourth-order valence-electron chi connectivity index (χ4n) is 4.11. The van der Waals surface area contributed by atoms with Crippen LogP contribution in [-0.2, 0) is 14.3 Å². The Hall–Kier alpha value is -1.78. The molecule has 0 spiro atoms. The molecule has 0 aliphatic carbocycles. The van der Waals surface area contributed by atoms with Crippen molar-refractivity contribution in [2.45, 2.75) is 32.1 Å². The second-order valence-corrected chi connectivity index (χ2v) is 8.81. The third-order valence-corrected chi connectivity index (χ3v) is 6.91. The summed E-state index contributed by atoms with van der Waals surface area (Å²) in [6.45, 7) is 7.70. The Morgan fingerprint density at radius 3 is 2.59 bits per heavy atom. The van der Waals surface area contributed by atoms with Gasteiger partial charge in [-0.1, -0.05) is 11.3 Å². The second kappa shape index (κ2) is 9.82. The van der Waals surface area contributed by atoms with Crippen LogP contribution in [0, 0.1) is 5.92 Å². The molecule has 0 aromatic carbocycles. The van der Waals surface area contributed by atoms with E-state index in [1.807, 2.05) is 0 Å². The van der Waals surface area contributed by atoms with Gasteiger partial charge in [0.25, 0.3) is 0 Å². The molecule has 1 N–H and O–H groups in total. The van der Waals surface area contributed by atoms with E-state index in [1.54, 1.807) is 4.90 Å². The molecular weight excluding hydrogens is 392 g/mol. The highest BCUT2D eigenvalue weighted by Gasteiger charge is 2.29. The Labute approximate surface area is 175 Å². The number of rotatable bonds is 7. The molecule has 9 nitrogen and oxygen atoms in total. The van der Waals surface area contributed by atoms with Crippen molar-refractivity contribution in [2.75, 3.05) is 68.8 Å². The van der Waals surface area contributed by atoms with Gasteiger partial charge in [-0.15, -0.1) is 10.2 Å². The number of aromatic nitrogens is 2. The predicted molar refractivity (Wildman–Crippen MR) is 111 cm³/mol. The maximum Gasteiger partial charge on any atom is 0.228 e. The zero-order valence-electron chi connectivity index (χ0n) is 16.8. The van der Waals surface area contributed by atoms with E-state index in [0.29, 0.717) is 11.6 Å². The van der Waals surface area contributed by atoms with Crippen molar-refractivity contribution in [3.63, 3.8) is 0 Å². The number of hydrogen-bond donors (Lipinski definition) is 1. The molecule has 3 aliphatic heterocycles. The van der Waals surface area contributed by atoms with Gasteiger partial charge in [-0.25, -0.2) is 0 Å². The molecule has 3 fully saturated rings. The first-order valence-electron chi connectivity index (χ1n) is 10.7. The summed E-state index contributed by atoms with van der Waals surface area (Å²) in [5.41, 5.74) is 0. The highest BCUT2D eigenvalue weighted by atomic mass is 32.1. The molecule has 160 valence electrons. The molecule has 3 aliphatic rings. The zero-order valence-corrected chi connectivity index (χ0v) is 17.7. The van der Waals surface area contributed by atoms with Crippen LogP contribution in [0.1, 0.15) is 32.1 Å². The summed E-state index contributed by atoms with van der Waals surface area (Å²) in [5.74, 6) is 0.381. The molecule has 2 amide bonds. The average molecular weight is 423 g/mol. The molecule has 10 heteroatoms. The predicted octanol–water partition coefficient (Wildman–Crippen LogP) is 0.720. The number of piperidine rings is 1.